The summed E-state index contributed by atoms with van der Waals surface area (Å²) in [4.78, 5) is 26.9. The first-order chi connectivity index (χ1) is 9.45. The number of hydrogen-bond donors (Lipinski definition) is 1. The van der Waals surface area contributed by atoms with Crippen LogP contribution in [0.5, 0.6) is 0 Å². The second kappa shape index (κ2) is 5.35. The zero-order valence-corrected chi connectivity index (χ0v) is 11.7. The molecule has 1 N–H and O–H groups in total. The van der Waals surface area contributed by atoms with E-state index in [1.165, 1.54) is 6.07 Å². The van der Waals surface area contributed by atoms with Gasteiger partial charge in [-0.1, -0.05) is 31.5 Å². The smallest absolute Gasteiger partial charge is 0.297 e. The summed E-state index contributed by atoms with van der Waals surface area (Å²) in [6.07, 6.45) is 0. The van der Waals surface area contributed by atoms with Crippen LogP contribution in [0.3, 0.4) is 0 Å². The highest BCUT2D eigenvalue weighted by molar-refractivity contribution is 6.30. The third kappa shape index (κ3) is 2.38. The van der Waals surface area contributed by atoms with Gasteiger partial charge >= 0.3 is 5.69 Å². The van der Waals surface area contributed by atoms with Crippen LogP contribution in [0.25, 0.3) is 5.69 Å². The monoisotopic (exact) mass is 289 g/mol. The molecule has 5 nitrogen and oxygen atoms in total. The van der Waals surface area contributed by atoms with E-state index in [2.05, 4.69) is 4.98 Å². The molecule has 1 heterocycles. The summed E-state index contributed by atoms with van der Waals surface area (Å²) in [7, 11) is 0. The maximum Gasteiger partial charge on any atom is 0.334 e. The summed E-state index contributed by atoms with van der Waals surface area (Å²) in [5, 5.41) is 8.95. The Morgan fingerprint density at radius 2 is 2.05 bits per heavy atom. The lowest BCUT2D eigenvalue weighted by Crippen LogP contribution is -2.36. The highest BCUT2D eigenvalue weighted by Gasteiger charge is 2.16. The summed E-state index contributed by atoms with van der Waals surface area (Å²) in [6, 6.07) is 8.26. The Morgan fingerprint density at radius 3 is 2.65 bits per heavy atom. The van der Waals surface area contributed by atoms with Crippen molar-refractivity contribution in [1.82, 2.24) is 9.55 Å². The fourth-order valence-corrected chi connectivity index (χ4v) is 2.35. The third-order valence-electron chi connectivity index (χ3n) is 2.90. The normalized spacial score (nSPS) is 10.6. The Balaban J connectivity index is 2.81. The largest absolute Gasteiger partial charge is 0.334 e. The molecule has 1 aromatic carbocycles. The maximum absolute atomic E-state index is 12.4. The van der Waals surface area contributed by atoms with E-state index in [1.54, 1.807) is 18.2 Å². The van der Waals surface area contributed by atoms with Crippen molar-refractivity contribution in [3.63, 3.8) is 0 Å². The van der Waals surface area contributed by atoms with Gasteiger partial charge in [-0.2, -0.15) is 5.26 Å². The Bertz CT molecular complexity index is 812. The number of rotatable bonds is 2. The van der Waals surface area contributed by atoms with Gasteiger partial charge < -0.3 is 0 Å². The molecule has 2 aromatic rings. The van der Waals surface area contributed by atoms with Crippen molar-refractivity contribution in [1.29, 1.82) is 5.26 Å². The zero-order valence-electron chi connectivity index (χ0n) is 11.0. The number of H-pyrrole nitrogens is 1. The van der Waals surface area contributed by atoms with Crippen molar-refractivity contribution in [2.45, 2.75) is 19.8 Å². The second-order valence-corrected chi connectivity index (χ2v) is 4.99. The lowest BCUT2D eigenvalue weighted by Gasteiger charge is -2.11. The highest BCUT2D eigenvalue weighted by Crippen LogP contribution is 2.17. The van der Waals surface area contributed by atoms with Gasteiger partial charge in [-0.15, -0.1) is 0 Å². The topological polar surface area (TPSA) is 78.7 Å². The summed E-state index contributed by atoms with van der Waals surface area (Å²) in [5.41, 5.74) is -0.0410. The minimum absolute atomic E-state index is 0.0580. The first-order valence-electron chi connectivity index (χ1n) is 6.01. The van der Waals surface area contributed by atoms with Crippen molar-refractivity contribution in [3.05, 3.63) is 61.4 Å². The fraction of sp³-hybridized carbons (Fsp3) is 0.214. The molecule has 102 valence electrons. The molecule has 0 atom stereocenters. The van der Waals surface area contributed by atoms with Crippen LogP contribution >= 0.6 is 11.6 Å². The molecule has 1 aromatic heterocycles. The fourth-order valence-electron chi connectivity index (χ4n) is 1.97. The number of nitrogens with one attached hydrogen (secondary N) is 1. The number of nitriles is 1. The molecule has 0 unspecified atom stereocenters. The molecular formula is C14H12ClN3O2. The molecule has 0 bridgehead atoms. The molecule has 0 fully saturated rings. The first-order valence-corrected chi connectivity index (χ1v) is 6.38. The molecule has 0 aliphatic carbocycles. The van der Waals surface area contributed by atoms with Gasteiger partial charge in [0.15, 0.2) is 0 Å². The Labute approximate surface area is 120 Å². The molecule has 0 saturated heterocycles. The van der Waals surface area contributed by atoms with Gasteiger partial charge in [-0.25, -0.2) is 9.36 Å². The van der Waals surface area contributed by atoms with Crippen LogP contribution in [0.4, 0.5) is 0 Å². The first kappa shape index (κ1) is 14.1. The quantitative estimate of drug-likeness (QED) is 0.861. The van der Waals surface area contributed by atoms with Gasteiger partial charge in [-0.3, -0.25) is 9.78 Å². The Morgan fingerprint density at radius 1 is 1.35 bits per heavy atom. The molecular weight excluding hydrogens is 278 g/mol. The van der Waals surface area contributed by atoms with Crippen LogP contribution in [0.1, 0.15) is 30.9 Å². The number of nitrogens with zero attached hydrogens (tertiary/aromatic N) is 2. The van der Waals surface area contributed by atoms with Gasteiger partial charge in [0, 0.05) is 0 Å². The molecule has 0 aliphatic heterocycles. The number of hydrogen-bond acceptors (Lipinski definition) is 3. The minimum Gasteiger partial charge on any atom is -0.297 e. The van der Waals surface area contributed by atoms with E-state index in [0.29, 0.717) is 16.8 Å². The number of aromatic nitrogens is 2. The van der Waals surface area contributed by atoms with Crippen molar-refractivity contribution in [3.8, 4) is 11.8 Å². The van der Waals surface area contributed by atoms with Crippen molar-refractivity contribution < 1.29 is 0 Å². The van der Waals surface area contributed by atoms with Gasteiger partial charge in [0.05, 0.1) is 22.9 Å². The average Bonchev–Trinajstić information content (AvgIpc) is 2.37. The van der Waals surface area contributed by atoms with Gasteiger partial charge in [0.2, 0.25) is 0 Å². The van der Waals surface area contributed by atoms with E-state index < -0.39 is 11.2 Å². The van der Waals surface area contributed by atoms with Crippen molar-refractivity contribution >= 4 is 11.6 Å². The van der Waals surface area contributed by atoms with Crippen molar-refractivity contribution in [2.24, 2.45) is 0 Å². The number of aromatic amines is 1. The van der Waals surface area contributed by atoms with Crippen LogP contribution in [0, 0.1) is 11.3 Å². The van der Waals surface area contributed by atoms with Crippen LogP contribution in [0.15, 0.2) is 33.9 Å². The molecule has 0 saturated carbocycles. The summed E-state index contributed by atoms with van der Waals surface area (Å²) < 4.78 is 0.988. The van der Waals surface area contributed by atoms with E-state index in [1.807, 2.05) is 19.9 Å². The van der Waals surface area contributed by atoms with Gasteiger partial charge in [0.1, 0.15) is 5.15 Å². The van der Waals surface area contributed by atoms with E-state index in [-0.39, 0.29) is 11.1 Å². The van der Waals surface area contributed by atoms with Crippen molar-refractivity contribution in [2.75, 3.05) is 0 Å². The summed E-state index contributed by atoms with van der Waals surface area (Å²) in [6.45, 7) is 3.63. The Kier molecular flexibility index (Phi) is 3.77. The lowest BCUT2D eigenvalue weighted by atomic mass is 10.1. The van der Waals surface area contributed by atoms with Crippen LogP contribution in [-0.4, -0.2) is 9.55 Å². The van der Waals surface area contributed by atoms with E-state index in [9.17, 15) is 9.59 Å². The predicted octanol–water partition coefficient (Wildman–Crippen LogP) is 2.17. The van der Waals surface area contributed by atoms with E-state index >= 15 is 0 Å². The number of halogens is 1. The second-order valence-electron chi connectivity index (χ2n) is 4.62. The van der Waals surface area contributed by atoms with Gasteiger partial charge in [-0.05, 0) is 24.1 Å². The molecule has 2 rings (SSSR count). The van der Waals surface area contributed by atoms with Gasteiger partial charge in [0.25, 0.3) is 5.56 Å². The maximum atomic E-state index is 12.4. The SMILES string of the molecule is CC(C)c1c(Cl)[nH]c(=O)n(-c2cccc(C#N)c2)c1=O. The predicted molar refractivity (Wildman–Crippen MR) is 76.5 cm³/mol. The minimum atomic E-state index is -0.625. The summed E-state index contributed by atoms with van der Waals surface area (Å²) in [5.74, 6) is -0.128. The molecule has 0 amide bonds. The van der Waals surface area contributed by atoms with Crippen LogP contribution < -0.4 is 11.2 Å². The molecule has 0 radical (unpaired) electrons. The highest BCUT2D eigenvalue weighted by atomic mass is 35.5. The Hall–Kier alpha value is -2.32. The average molecular weight is 290 g/mol. The zero-order chi connectivity index (χ0) is 14.9. The van der Waals surface area contributed by atoms with Crippen LogP contribution in [-0.2, 0) is 0 Å². The number of benzene rings is 1. The lowest BCUT2D eigenvalue weighted by molar-refractivity contribution is 0.777. The molecule has 20 heavy (non-hydrogen) atoms. The van der Waals surface area contributed by atoms with E-state index in [0.717, 1.165) is 4.57 Å². The molecule has 0 spiro atoms. The third-order valence-corrected chi connectivity index (χ3v) is 3.20. The van der Waals surface area contributed by atoms with Crippen LogP contribution in [0.2, 0.25) is 5.15 Å². The molecule has 0 aliphatic rings. The van der Waals surface area contributed by atoms with E-state index in [4.69, 9.17) is 16.9 Å². The summed E-state index contributed by atoms with van der Waals surface area (Å²) >= 11 is 5.93. The molecule has 6 heteroatoms. The standard InChI is InChI=1S/C14H12ClN3O2/c1-8(2)11-12(15)17-14(20)18(13(11)19)10-5-3-4-9(6-10)7-16/h3-6,8H,1-2H3,(H,17,20).